The van der Waals surface area contributed by atoms with Crippen LogP contribution < -0.4 is 16.6 Å². The number of benzene rings is 1. The molecule has 2 aromatic rings. The minimum atomic E-state index is -0.209. The van der Waals surface area contributed by atoms with Crippen molar-refractivity contribution in [1.29, 1.82) is 5.26 Å². The lowest BCUT2D eigenvalue weighted by atomic mass is 9.95. The molecule has 1 aliphatic heterocycles. The maximum atomic E-state index is 12.6. The van der Waals surface area contributed by atoms with Gasteiger partial charge in [0.15, 0.2) is 0 Å². The number of nitriles is 1. The van der Waals surface area contributed by atoms with Gasteiger partial charge in [0.2, 0.25) is 0 Å². The zero-order valence-corrected chi connectivity index (χ0v) is 18.4. The first-order valence-electron chi connectivity index (χ1n) is 11.0. The molecule has 0 unspecified atom stereocenters. The van der Waals surface area contributed by atoms with Crippen molar-refractivity contribution in [1.82, 2.24) is 9.88 Å². The predicted octanol–water partition coefficient (Wildman–Crippen LogP) is 4.02. The molecule has 164 valence electrons. The summed E-state index contributed by atoms with van der Waals surface area (Å²) in [6.07, 6.45) is 7.65. The number of nitrogens with one attached hydrogen (secondary N) is 2. The molecule has 4 N–H and O–H groups in total. The molecular formula is C24H32N6O. The van der Waals surface area contributed by atoms with E-state index in [1.807, 2.05) is 12.1 Å². The number of H-pyrrole nitrogens is 1. The summed E-state index contributed by atoms with van der Waals surface area (Å²) in [5, 5.41) is 10.0. The molecule has 0 radical (unpaired) electrons. The second kappa shape index (κ2) is 10.3. The van der Waals surface area contributed by atoms with Gasteiger partial charge in [0, 0.05) is 37.9 Å². The van der Waals surface area contributed by atoms with E-state index in [9.17, 15) is 4.79 Å². The van der Waals surface area contributed by atoms with Crippen LogP contribution in [0, 0.1) is 11.8 Å². The van der Waals surface area contributed by atoms with Gasteiger partial charge in [-0.05, 0) is 56.0 Å². The molecule has 1 saturated carbocycles. The summed E-state index contributed by atoms with van der Waals surface area (Å²) in [5.41, 5.74) is 10.7. The first kappa shape index (κ1) is 22.6. The van der Waals surface area contributed by atoms with E-state index in [0.29, 0.717) is 17.6 Å². The number of hydrogen-bond donors (Lipinski definition) is 3. The maximum absolute atomic E-state index is 12.6. The number of rotatable bonds is 5. The minimum absolute atomic E-state index is 0.209. The number of aromatic amines is 1. The lowest BCUT2D eigenvalue weighted by Crippen LogP contribution is -2.29. The standard InChI is InChI=1S/C23H31N5O.CHN/c1-15(2)28-13-16-8-9-19(12-17(16)14-28)27-22(24)21-20(10-11-25-23(21)29)26-18-6-4-3-5-7-18;1-2/h8-12,15,18H,3-7,13-14H2,1-2H3,(H2,24,27)(H2,25,26,29);1H. The van der Waals surface area contributed by atoms with Crippen LogP contribution in [0.15, 0.2) is 40.2 Å². The van der Waals surface area contributed by atoms with Crippen molar-refractivity contribution in [2.75, 3.05) is 5.32 Å². The highest BCUT2D eigenvalue weighted by Gasteiger charge is 2.21. The summed E-state index contributed by atoms with van der Waals surface area (Å²) in [6, 6.07) is 8.99. The molecule has 4 rings (SSSR count). The van der Waals surface area contributed by atoms with Crippen molar-refractivity contribution in [2.45, 2.75) is 71.1 Å². The third-order valence-corrected chi connectivity index (χ3v) is 6.10. The number of nitrogens with two attached hydrogens (primary N) is 1. The summed E-state index contributed by atoms with van der Waals surface area (Å²) >= 11 is 0. The second-order valence-corrected chi connectivity index (χ2v) is 8.52. The number of nitrogens with zero attached hydrogens (tertiary/aromatic N) is 3. The van der Waals surface area contributed by atoms with E-state index in [4.69, 9.17) is 11.0 Å². The largest absolute Gasteiger partial charge is 0.383 e. The van der Waals surface area contributed by atoms with Crippen molar-refractivity contribution in [3.63, 3.8) is 0 Å². The van der Waals surface area contributed by atoms with Gasteiger partial charge < -0.3 is 16.0 Å². The maximum Gasteiger partial charge on any atom is 0.261 e. The second-order valence-electron chi connectivity index (χ2n) is 8.52. The van der Waals surface area contributed by atoms with Crippen LogP contribution in [0.25, 0.3) is 0 Å². The van der Waals surface area contributed by atoms with Crippen LogP contribution in [0.1, 0.15) is 62.6 Å². The molecule has 2 aliphatic rings. The molecule has 2 heterocycles. The highest BCUT2D eigenvalue weighted by atomic mass is 16.1. The Morgan fingerprint density at radius 1 is 1.19 bits per heavy atom. The molecule has 7 nitrogen and oxygen atoms in total. The number of hydrogen-bond acceptors (Lipinski definition) is 5. The summed E-state index contributed by atoms with van der Waals surface area (Å²) in [4.78, 5) is 22.3. The van der Waals surface area contributed by atoms with Crippen molar-refractivity contribution in [2.24, 2.45) is 10.7 Å². The van der Waals surface area contributed by atoms with Gasteiger partial charge in [0.1, 0.15) is 11.4 Å². The molecule has 31 heavy (non-hydrogen) atoms. The lowest BCUT2D eigenvalue weighted by Gasteiger charge is -2.24. The Hall–Kier alpha value is -3.11. The fourth-order valence-corrected chi connectivity index (χ4v) is 4.36. The predicted molar refractivity (Wildman–Crippen MR) is 125 cm³/mol. The van der Waals surface area contributed by atoms with Crippen LogP contribution in [0.4, 0.5) is 11.4 Å². The van der Waals surface area contributed by atoms with Gasteiger partial charge in [-0.15, -0.1) is 0 Å². The number of fused-ring (bicyclic) bond motifs is 1. The van der Waals surface area contributed by atoms with Crippen LogP contribution in [0.2, 0.25) is 0 Å². The molecule has 1 aromatic carbocycles. The van der Waals surface area contributed by atoms with Crippen LogP contribution in [0.5, 0.6) is 0 Å². The van der Waals surface area contributed by atoms with Gasteiger partial charge in [-0.3, -0.25) is 9.69 Å². The average Bonchev–Trinajstić information content (AvgIpc) is 3.20. The third-order valence-electron chi connectivity index (χ3n) is 6.10. The Kier molecular flexibility index (Phi) is 7.48. The fraction of sp³-hybridized carbons (Fsp3) is 0.458. The topological polar surface area (TPSA) is 110 Å². The molecule has 1 aliphatic carbocycles. The Labute approximate surface area is 184 Å². The van der Waals surface area contributed by atoms with Gasteiger partial charge >= 0.3 is 0 Å². The van der Waals surface area contributed by atoms with Gasteiger partial charge in [-0.1, -0.05) is 25.3 Å². The zero-order valence-electron chi connectivity index (χ0n) is 18.4. The number of anilines is 1. The van der Waals surface area contributed by atoms with Gasteiger partial charge in [-0.25, -0.2) is 10.3 Å². The van der Waals surface area contributed by atoms with Crippen LogP contribution in [0.3, 0.4) is 0 Å². The SMILES string of the molecule is C#N.CC(C)N1Cc2ccc(N=C(N)c3c(NC4CCCCC4)cc[nH]c3=O)cc2C1. The van der Waals surface area contributed by atoms with Crippen LogP contribution in [-0.4, -0.2) is 27.8 Å². The highest BCUT2D eigenvalue weighted by Crippen LogP contribution is 2.29. The molecule has 0 bridgehead atoms. The van der Waals surface area contributed by atoms with Gasteiger partial charge in [0.25, 0.3) is 5.56 Å². The molecule has 7 heteroatoms. The number of amidine groups is 1. The van der Waals surface area contributed by atoms with Crippen molar-refractivity contribution in [3.8, 4) is 6.57 Å². The van der Waals surface area contributed by atoms with E-state index in [-0.39, 0.29) is 11.4 Å². The van der Waals surface area contributed by atoms with Crippen LogP contribution in [-0.2, 0) is 13.1 Å². The van der Waals surface area contributed by atoms with Gasteiger partial charge in [0.05, 0.1) is 11.4 Å². The number of aromatic nitrogens is 1. The molecule has 0 spiro atoms. The monoisotopic (exact) mass is 420 g/mol. The molecule has 1 fully saturated rings. The fourth-order valence-electron chi connectivity index (χ4n) is 4.36. The van der Waals surface area contributed by atoms with Gasteiger partial charge in [-0.2, -0.15) is 0 Å². The van der Waals surface area contributed by atoms with E-state index in [2.05, 4.69) is 52.7 Å². The summed E-state index contributed by atoms with van der Waals surface area (Å²) in [6.45, 7) is 9.83. The number of aliphatic imine (C=N–C) groups is 1. The average molecular weight is 421 g/mol. The highest BCUT2D eigenvalue weighted by molar-refractivity contribution is 6.03. The molecule has 1 aromatic heterocycles. The smallest absolute Gasteiger partial charge is 0.261 e. The Bertz CT molecular complexity index is 1000. The Morgan fingerprint density at radius 3 is 2.61 bits per heavy atom. The van der Waals surface area contributed by atoms with Crippen molar-refractivity contribution < 1.29 is 0 Å². The normalized spacial score (nSPS) is 17.1. The van der Waals surface area contributed by atoms with E-state index in [1.54, 1.807) is 6.20 Å². The lowest BCUT2D eigenvalue weighted by molar-refractivity contribution is 0.227. The molecule has 0 atom stereocenters. The summed E-state index contributed by atoms with van der Waals surface area (Å²) < 4.78 is 0. The van der Waals surface area contributed by atoms with E-state index < -0.39 is 0 Å². The van der Waals surface area contributed by atoms with Crippen molar-refractivity contribution >= 4 is 17.2 Å². The molecule has 0 saturated heterocycles. The zero-order chi connectivity index (χ0) is 22.4. The number of pyridine rings is 1. The van der Waals surface area contributed by atoms with E-state index >= 15 is 0 Å². The van der Waals surface area contributed by atoms with Crippen LogP contribution >= 0.6 is 0 Å². The molecular weight excluding hydrogens is 388 g/mol. The quantitative estimate of drug-likeness (QED) is 0.500. The first-order chi connectivity index (χ1) is 15.0. The minimum Gasteiger partial charge on any atom is -0.383 e. The summed E-state index contributed by atoms with van der Waals surface area (Å²) in [5.74, 6) is 0.254. The van der Waals surface area contributed by atoms with E-state index in [0.717, 1.165) is 37.3 Å². The third kappa shape index (κ3) is 5.33. The van der Waals surface area contributed by atoms with Crippen molar-refractivity contribution in [3.05, 3.63) is 57.5 Å². The first-order valence-corrected chi connectivity index (χ1v) is 11.0. The Balaban J connectivity index is 0.00000132. The Morgan fingerprint density at radius 2 is 1.90 bits per heavy atom. The molecule has 0 amide bonds. The van der Waals surface area contributed by atoms with E-state index in [1.165, 1.54) is 30.4 Å². The summed E-state index contributed by atoms with van der Waals surface area (Å²) in [7, 11) is 0.